The van der Waals surface area contributed by atoms with Gasteiger partial charge in [-0.1, -0.05) is 6.42 Å². The average molecular weight is 144 g/mol. The van der Waals surface area contributed by atoms with Gasteiger partial charge in [0.1, 0.15) is 0 Å². The molecule has 1 unspecified atom stereocenters. The van der Waals surface area contributed by atoms with Crippen LogP contribution in [0.2, 0.25) is 0 Å². The van der Waals surface area contributed by atoms with Crippen LogP contribution in [0.25, 0.3) is 0 Å². The zero-order chi connectivity index (χ0) is 7.56. The molecule has 0 radical (unpaired) electrons. The van der Waals surface area contributed by atoms with Crippen molar-refractivity contribution in [2.45, 2.75) is 31.8 Å². The molecule has 0 spiro atoms. The molecule has 58 valence electrons. The molecule has 2 N–H and O–H groups in total. The largest absolute Gasteiger partial charge is 0.481 e. The summed E-state index contributed by atoms with van der Waals surface area (Å²) in [6.07, 6.45) is 2.40. The second-order valence-electron chi connectivity index (χ2n) is 2.86. The lowest BCUT2D eigenvalue weighted by Gasteiger charge is -2.21. The minimum Gasteiger partial charge on any atom is -0.481 e. The van der Waals surface area contributed by atoms with Gasteiger partial charge in [-0.3, -0.25) is 4.79 Å². The summed E-state index contributed by atoms with van der Waals surface area (Å²) in [5.41, 5.74) is 0. The molecule has 0 aromatic carbocycles. The second kappa shape index (κ2) is 3.01. The summed E-state index contributed by atoms with van der Waals surface area (Å²) < 4.78 is 0. The number of carboxylic acid groups (broad SMARTS) is 1. The van der Waals surface area contributed by atoms with E-state index in [0.29, 0.717) is 6.42 Å². The van der Waals surface area contributed by atoms with Crippen molar-refractivity contribution in [3.63, 3.8) is 0 Å². The highest BCUT2D eigenvalue weighted by Crippen LogP contribution is 2.23. The van der Waals surface area contributed by atoms with Crippen LogP contribution < -0.4 is 0 Å². The predicted molar refractivity (Wildman–Crippen MR) is 35.6 cm³/mol. The van der Waals surface area contributed by atoms with E-state index >= 15 is 0 Å². The van der Waals surface area contributed by atoms with Crippen LogP contribution in [0.5, 0.6) is 0 Å². The Kier molecular flexibility index (Phi) is 2.27. The van der Waals surface area contributed by atoms with Gasteiger partial charge in [0, 0.05) is 0 Å². The van der Waals surface area contributed by atoms with E-state index in [-0.39, 0.29) is 12.0 Å². The SMILES string of the molecule is O=C(O)[C@H]1CCCC(O)C1. The number of rotatable bonds is 1. The van der Waals surface area contributed by atoms with Gasteiger partial charge in [0.2, 0.25) is 0 Å². The highest BCUT2D eigenvalue weighted by Gasteiger charge is 2.25. The Balaban J connectivity index is 2.39. The molecule has 2 atom stereocenters. The van der Waals surface area contributed by atoms with Crippen molar-refractivity contribution < 1.29 is 15.0 Å². The predicted octanol–water partition coefficient (Wildman–Crippen LogP) is 0.622. The highest BCUT2D eigenvalue weighted by molar-refractivity contribution is 5.70. The van der Waals surface area contributed by atoms with Gasteiger partial charge in [-0.15, -0.1) is 0 Å². The molecule has 3 nitrogen and oxygen atoms in total. The average Bonchev–Trinajstić information content (AvgIpc) is 1.88. The Hall–Kier alpha value is -0.570. The molecular formula is C7H12O3. The number of aliphatic hydroxyl groups excluding tert-OH is 1. The summed E-state index contributed by atoms with van der Waals surface area (Å²) in [5.74, 6) is -1.07. The first kappa shape index (κ1) is 7.54. The van der Waals surface area contributed by atoms with Crippen LogP contribution in [0.3, 0.4) is 0 Å². The first-order valence-corrected chi connectivity index (χ1v) is 3.61. The third kappa shape index (κ3) is 1.70. The standard InChI is InChI=1S/C7H12O3/c8-6-3-1-2-5(4-6)7(9)10/h5-6,8H,1-4H2,(H,9,10)/t5-,6?/m0/s1. The Morgan fingerprint density at radius 2 is 2.10 bits per heavy atom. The van der Waals surface area contributed by atoms with Gasteiger partial charge in [0.05, 0.1) is 12.0 Å². The van der Waals surface area contributed by atoms with Crippen LogP contribution in [0, 0.1) is 5.92 Å². The van der Waals surface area contributed by atoms with Gasteiger partial charge in [-0.05, 0) is 19.3 Å². The van der Waals surface area contributed by atoms with Gasteiger partial charge in [0.15, 0.2) is 0 Å². The van der Waals surface area contributed by atoms with E-state index in [1.807, 2.05) is 0 Å². The minimum atomic E-state index is -0.765. The monoisotopic (exact) mass is 144 g/mol. The van der Waals surface area contributed by atoms with Crippen molar-refractivity contribution in [3.8, 4) is 0 Å². The normalized spacial score (nSPS) is 33.7. The van der Waals surface area contributed by atoms with Crippen molar-refractivity contribution in [2.24, 2.45) is 5.92 Å². The van der Waals surface area contributed by atoms with Crippen molar-refractivity contribution in [3.05, 3.63) is 0 Å². The van der Waals surface area contributed by atoms with Crippen LogP contribution in [-0.2, 0) is 4.79 Å². The van der Waals surface area contributed by atoms with E-state index in [1.165, 1.54) is 0 Å². The number of aliphatic hydroxyl groups is 1. The molecular weight excluding hydrogens is 132 g/mol. The van der Waals surface area contributed by atoms with E-state index in [0.717, 1.165) is 19.3 Å². The van der Waals surface area contributed by atoms with E-state index in [2.05, 4.69) is 0 Å². The highest BCUT2D eigenvalue weighted by atomic mass is 16.4. The maximum atomic E-state index is 10.4. The lowest BCUT2D eigenvalue weighted by Crippen LogP contribution is -2.25. The third-order valence-electron chi connectivity index (χ3n) is 2.00. The second-order valence-corrected chi connectivity index (χ2v) is 2.86. The smallest absolute Gasteiger partial charge is 0.306 e. The van der Waals surface area contributed by atoms with Crippen molar-refractivity contribution >= 4 is 5.97 Å². The zero-order valence-corrected chi connectivity index (χ0v) is 5.79. The van der Waals surface area contributed by atoms with Gasteiger partial charge in [-0.25, -0.2) is 0 Å². The van der Waals surface area contributed by atoms with E-state index < -0.39 is 5.97 Å². The molecule has 3 heteroatoms. The van der Waals surface area contributed by atoms with Gasteiger partial charge < -0.3 is 10.2 Å². The Morgan fingerprint density at radius 1 is 1.40 bits per heavy atom. The fourth-order valence-electron chi connectivity index (χ4n) is 1.39. The molecule has 1 saturated carbocycles. The van der Waals surface area contributed by atoms with Gasteiger partial charge >= 0.3 is 5.97 Å². The maximum Gasteiger partial charge on any atom is 0.306 e. The Labute approximate surface area is 59.7 Å². The van der Waals surface area contributed by atoms with Crippen LogP contribution in [0.4, 0.5) is 0 Å². The number of hydrogen-bond donors (Lipinski definition) is 2. The number of carbonyl (C=O) groups is 1. The number of aliphatic carboxylic acids is 1. The summed E-state index contributed by atoms with van der Waals surface area (Å²) in [6.45, 7) is 0. The van der Waals surface area contributed by atoms with E-state index in [9.17, 15) is 4.79 Å². The maximum absolute atomic E-state index is 10.4. The summed E-state index contributed by atoms with van der Waals surface area (Å²) >= 11 is 0. The molecule has 0 bridgehead atoms. The van der Waals surface area contributed by atoms with Crippen LogP contribution in [-0.4, -0.2) is 22.3 Å². The minimum absolute atomic E-state index is 0.302. The molecule has 0 heterocycles. The molecule has 1 rings (SSSR count). The Bertz CT molecular complexity index is 133. The fraction of sp³-hybridized carbons (Fsp3) is 0.857. The van der Waals surface area contributed by atoms with Crippen molar-refractivity contribution in [2.75, 3.05) is 0 Å². The van der Waals surface area contributed by atoms with E-state index in [1.54, 1.807) is 0 Å². The van der Waals surface area contributed by atoms with Crippen LogP contribution in [0.1, 0.15) is 25.7 Å². The summed E-state index contributed by atoms with van der Waals surface area (Å²) in [7, 11) is 0. The van der Waals surface area contributed by atoms with Gasteiger partial charge in [0.25, 0.3) is 0 Å². The third-order valence-corrected chi connectivity index (χ3v) is 2.00. The quantitative estimate of drug-likeness (QED) is 0.567. The molecule has 1 aliphatic rings. The van der Waals surface area contributed by atoms with Crippen molar-refractivity contribution in [1.29, 1.82) is 0 Å². The first-order chi connectivity index (χ1) is 4.70. The topological polar surface area (TPSA) is 57.5 Å². The van der Waals surface area contributed by atoms with Crippen LogP contribution in [0.15, 0.2) is 0 Å². The molecule has 0 aromatic rings. The zero-order valence-electron chi connectivity index (χ0n) is 5.79. The molecule has 10 heavy (non-hydrogen) atoms. The summed E-state index contributed by atoms with van der Waals surface area (Å²) in [5, 5.41) is 17.6. The molecule has 0 amide bonds. The molecule has 0 aliphatic heterocycles. The van der Waals surface area contributed by atoms with Gasteiger partial charge in [-0.2, -0.15) is 0 Å². The molecule has 0 saturated heterocycles. The summed E-state index contributed by atoms with van der Waals surface area (Å²) in [4.78, 5) is 10.4. The van der Waals surface area contributed by atoms with Crippen molar-refractivity contribution in [1.82, 2.24) is 0 Å². The van der Waals surface area contributed by atoms with E-state index in [4.69, 9.17) is 10.2 Å². The number of hydrogen-bond acceptors (Lipinski definition) is 2. The molecule has 1 fully saturated rings. The lowest BCUT2D eigenvalue weighted by molar-refractivity contribution is -0.144. The summed E-state index contributed by atoms with van der Waals surface area (Å²) in [6, 6.07) is 0. The first-order valence-electron chi connectivity index (χ1n) is 3.61. The lowest BCUT2D eigenvalue weighted by atomic mass is 9.87. The number of carboxylic acids is 1. The fourth-order valence-corrected chi connectivity index (χ4v) is 1.39. The van der Waals surface area contributed by atoms with Crippen LogP contribution >= 0.6 is 0 Å². The molecule has 0 aromatic heterocycles. The Morgan fingerprint density at radius 3 is 2.50 bits per heavy atom. The molecule has 1 aliphatic carbocycles.